The van der Waals surface area contributed by atoms with Crippen molar-refractivity contribution >= 4 is 17.4 Å². The summed E-state index contributed by atoms with van der Waals surface area (Å²) in [6.45, 7) is 0. The number of rotatable bonds is 3. The van der Waals surface area contributed by atoms with Gasteiger partial charge in [-0.25, -0.2) is 4.39 Å². The molecule has 108 valence electrons. The SMILES string of the molecule is N/C(=N/O)c1ccc(NC(=O)c2c(O)cccc2F)cc1. The van der Waals surface area contributed by atoms with E-state index >= 15 is 0 Å². The molecule has 0 radical (unpaired) electrons. The quantitative estimate of drug-likeness (QED) is 0.299. The van der Waals surface area contributed by atoms with Gasteiger partial charge in [-0.3, -0.25) is 4.79 Å². The molecule has 7 heteroatoms. The van der Waals surface area contributed by atoms with Gasteiger partial charge in [0.15, 0.2) is 5.84 Å². The Bertz CT molecular complexity index is 679. The smallest absolute Gasteiger partial charge is 0.262 e. The summed E-state index contributed by atoms with van der Waals surface area (Å²) in [5.41, 5.74) is 5.81. The normalized spacial score (nSPS) is 11.2. The molecule has 5 N–H and O–H groups in total. The van der Waals surface area contributed by atoms with E-state index < -0.39 is 23.0 Å². The van der Waals surface area contributed by atoms with Crippen molar-refractivity contribution in [1.29, 1.82) is 0 Å². The van der Waals surface area contributed by atoms with E-state index in [1.807, 2.05) is 0 Å². The zero-order valence-electron chi connectivity index (χ0n) is 10.7. The van der Waals surface area contributed by atoms with Crippen LogP contribution in [0.4, 0.5) is 10.1 Å². The van der Waals surface area contributed by atoms with Gasteiger partial charge in [0.05, 0.1) is 0 Å². The average Bonchev–Trinajstić information content (AvgIpc) is 2.47. The van der Waals surface area contributed by atoms with Crippen molar-refractivity contribution in [2.45, 2.75) is 0 Å². The van der Waals surface area contributed by atoms with E-state index in [-0.39, 0.29) is 5.84 Å². The predicted octanol–water partition coefficient (Wildman–Crippen LogP) is 1.88. The molecule has 0 aliphatic heterocycles. The lowest BCUT2D eigenvalue weighted by atomic mass is 10.1. The summed E-state index contributed by atoms with van der Waals surface area (Å²) in [4.78, 5) is 11.9. The highest BCUT2D eigenvalue weighted by Crippen LogP contribution is 2.21. The summed E-state index contributed by atoms with van der Waals surface area (Å²) in [7, 11) is 0. The largest absolute Gasteiger partial charge is 0.507 e. The van der Waals surface area contributed by atoms with E-state index in [1.165, 1.54) is 36.4 Å². The number of nitrogens with zero attached hydrogens (tertiary/aromatic N) is 1. The van der Waals surface area contributed by atoms with Crippen LogP contribution in [0.2, 0.25) is 0 Å². The van der Waals surface area contributed by atoms with Crippen molar-refractivity contribution in [1.82, 2.24) is 0 Å². The Balaban J connectivity index is 2.20. The topological polar surface area (TPSA) is 108 Å². The minimum Gasteiger partial charge on any atom is -0.507 e. The molecule has 2 aromatic rings. The Morgan fingerprint density at radius 1 is 1.19 bits per heavy atom. The molecular formula is C14H12FN3O3. The highest BCUT2D eigenvalue weighted by atomic mass is 19.1. The number of hydrogen-bond donors (Lipinski definition) is 4. The lowest BCUT2D eigenvalue weighted by molar-refractivity contribution is 0.102. The third-order valence-corrected chi connectivity index (χ3v) is 2.76. The van der Waals surface area contributed by atoms with Crippen LogP contribution >= 0.6 is 0 Å². The highest BCUT2D eigenvalue weighted by Gasteiger charge is 2.16. The molecular weight excluding hydrogens is 277 g/mol. The van der Waals surface area contributed by atoms with Crippen LogP contribution in [0.15, 0.2) is 47.6 Å². The molecule has 2 aromatic carbocycles. The number of amidine groups is 1. The third kappa shape index (κ3) is 3.08. The highest BCUT2D eigenvalue weighted by molar-refractivity contribution is 6.06. The molecule has 0 saturated carbocycles. The predicted molar refractivity (Wildman–Crippen MR) is 75.0 cm³/mol. The lowest BCUT2D eigenvalue weighted by Gasteiger charge is -2.08. The summed E-state index contributed by atoms with van der Waals surface area (Å²) in [5, 5.41) is 23.4. The molecule has 0 atom stereocenters. The van der Waals surface area contributed by atoms with Crippen LogP contribution in [0.5, 0.6) is 5.75 Å². The van der Waals surface area contributed by atoms with Crippen LogP contribution in [-0.4, -0.2) is 22.1 Å². The zero-order valence-corrected chi connectivity index (χ0v) is 10.7. The number of carbonyl (C=O) groups excluding carboxylic acids is 1. The molecule has 0 heterocycles. The second kappa shape index (κ2) is 5.91. The monoisotopic (exact) mass is 289 g/mol. The first-order chi connectivity index (χ1) is 10.0. The van der Waals surface area contributed by atoms with Gasteiger partial charge in [-0.05, 0) is 36.4 Å². The zero-order chi connectivity index (χ0) is 15.4. The van der Waals surface area contributed by atoms with E-state index in [4.69, 9.17) is 10.9 Å². The maximum atomic E-state index is 13.5. The fraction of sp³-hybridized carbons (Fsp3) is 0. The van der Waals surface area contributed by atoms with Crippen LogP contribution in [0.1, 0.15) is 15.9 Å². The first-order valence-corrected chi connectivity index (χ1v) is 5.89. The van der Waals surface area contributed by atoms with Gasteiger partial charge in [0.2, 0.25) is 0 Å². The number of amides is 1. The molecule has 1 amide bonds. The number of halogens is 1. The standard InChI is InChI=1S/C14H12FN3O3/c15-10-2-1-3-11(19)12(10)14(20)17-9-6-4-8(5-7-9)13(16)18-21/h1-7,19,21H,(H2,16,18)(H,17,20). The Labute approximate surface area is 119 Å². The van der Waals surface area contributed by atoms with E-state index in [0.717, 1.165) is 6.07 Å². The van der Waals surface area contributed by atoms with Gasteiger partial charge in [0.1, 0.15) is 17.1 Å². The maximum absolute atomic E-state index is 13.5. The number of benzene rings is 2. The van der Waals surface area contributed by atoms with Gasteiger partial charge in [0, 0.05) is 11.3 Å². The first kappa shape index (κ1) is 14.3. The van der Waals surface area contributed by atoms with Crippen molar-refractivity contribution in [3.63, 3.8) is 0 Å². The minimum absolute atomic E-state index is 0.0698. The van der Waals surface area contributed by atoms with Crippen molar-refractivity contribution < 1.29 is 19.5 Å². The summed E-state index contributed by atoms with van der Waals surface area (Å²) in [6, 6.07) is 9.65. The number of nitrogens with two attached hydrogens (primary N) is 1. The van der Waals surface area contributed by atoms with Gasteiger partial charge in [-0.1, -0.05) is 11.2 Å². The summed E-state index contributed by atoms with van der Waals surface area (Å²) >= 11 is 0. The Hall–Kier alpha value is -3.09. The number of aromatic hydroxyl groups is 1. The third-order valence-electron chi connectivity index (χ3n) is 2.76. The van der Waals surface area contributed by atoms with Crippen LogP contribution in [0.25, 0.3) is 0 Å². The lowest BCUT2D eigenvalue weighted by Crippen LogP contribution is -2.15. The second-order valence-electron chi connectivity index (χ2n) is 4.15. The Morgan fingerprint density at radius 3 is 2.43 bits per heavy atom. The van der Waals surface area contributed by atoms with Gasteiger partial charge >= 0.3 is 0 Å². The number of nitrogens with one attached hydrogen (secondary N) is 1. The molecule has 0 aromatic heterocycles. The molecule has 0 saturated heterocycles. The van der Waals surface area contributed by atoms with Gasteiger partial charge < -0.3 is 21.4 Å². The molecule has 0 unspecified atom stereocenters. The summed E-state index contributed by atoms with van der Waals surface area (Å²) < 4.78 is 13.5. The minimum atomic E-state index is -0.819. The van der Waals surface area contributed by atoms with Crippen molar-refractivity contribution in [2.24, 2.45) is 10.9 Å². The summed E-state index contributed by atoms with van der Waals surface area (Å²) in [5.74, 6) is -2.11. The second-order valence-corrected chi connectivity index (χ2v) is 4.15. The number of anilines is 1. The molecule has 2 rings (SSSR count). The van der Waals surface area contributed by atoms with Crippen molar-refractivity contribution in [2.75, 3.05) is 5.32 Å². The van der Waals surface area contributed by atoms with Crippen LogP contribution in [-0.2, 0) is 0 Å². The molecule has 21 heavy (non-hydrogen) atoms. The summed E-state index contributed by atoms with van der Waals surface area (Å²) in [6.07, 6.45) is 0. The van der Waals surface area contributed by atoms with Gasteiger partial charge in [-0.2, -0.15) is 0 Å². The number of phenols is 1. The number of hydrogen-bond acceptors (Lipinski definition) is 4. The molecule has 0 fully saturated rings. The van der Waals surface area contributed by atoms with E-state index in [9.17, 15) is 14.3 Å². The van der Waals surface area contributed by atoms with Gasteiger partial charge in [-0.15, -0.1) is 0 Å². The number of oxime groups is 1. The molecule has 0 aliphatic carbocycles. The number of phenolic OH excluding ortho intramolecular Hbond substituents is 1. The van der Waals surface area contributed by atoms with Crippen molar-refractivity contribution in [3.8, 4) is 5.75 Å². The van der Waals surface area contributed by atoms with Crippen LogP contribution < -0.4 is 11.1 Å². The van der Waals surface area contributed by atoms with Crippen molar-refractivity contribution in [3.05, 3.63) is 59.4 Å². The van der Waals surface area contributed by atoms with E-state index in [2.05, 4.69) is 10.5 Å². The average molecular weight is 289 g/mol. The Kier molecular flexibility index (Phi) is 4.03. The van der Waals surface area contributed by atoms with Crippen LogP contribution in [0.3, 0.4) is 0 Å². The molecule has 0 spiro atoms. The Morgan fingerprint density at radius 2 is 1.86 bits per heavy atom. The number of carbonyl (C=O) groups is 1. The molecule has 0 aliphatic rings. The maximum Gasteiger partial charge on any atom is 0.262 e. The van der Waals surface area contributed by atoms with E-state index in [1.54, 1.807) is 0 Å². The molecule has 6 nitrogen and oxygen atoms in total. The van der Waals surface area contributed by atoms with E-state index in [0.29, 0.717) is 11.3 Å². The first-order valence-electron chi connectivity index (χ1n) is 5.89. The molecule has 0 bridgehead atoms. The van der Waals surface area contributed by atoms with Gasteiger partial charge in [0.25, 0.3) is 5.91 Å². The van der Waals surface area contributed by atoms with Crippen LogP contribution in [0, 0.1) is 5.82 Å². The fourth-order valence-corrected chi connectivity index (χ4v) is 1.71. The fourth-order valence-electron chi connectivity index (χ4n) is 1.71.